The van der Waals surface area contributed by atoms with Gasteiger partial charge in [0.25, 0.3) is 0 Å². The smallest absolute Gasteiger partial charge is 0.333 e. The second-order valence-electron chi connectivity index (χ2n) is 6.70. The highest BCUT2D eigenvalue weighted by atomic mass is 32.1. The molecule has 150 valence electrons. The highest BCUT2D eigenvalue weighted by Gasteiger charge is 2.18. The van der Waals surface area contributed by atoms with E-state index in [1.807, 2.05) is 30.3 Å². The standard InChI is InChI=1S/C23H29NO3S/c1-3-24-22(28)20(19-8-6-5-7-9-19)15-14-17-10-12-18(13-11-17)16-21(23(25)26)27-4-2/h5-13,20-21H,3-4,14-16H2,1-2H3,(H,24,28)(H,25,26)/t20-,21+/m0/s1. The predicted molar refractivity (Wildman–Crippen MR) is 117 cm³/mol. The van der Waals surface area contributed by atoms with Crippen molar-refractivity contribution in [2.75, 3.05) is 13.2 Å². The highest BCUT2D eigenvalue weighted by molar-refractivity contribution is 7.80. The fourth-order valence-electron chi connectivity index (χ4n) is 3.22. The van der Waals surface area contributed by atoms with Crippen molar-refractivity contribution < 1.29 is 14.6 Å². The van der Waals surface area contributed by atoms with Gasteiger partial charge in [-0.3, -0.25) is 0 Å². The van der Waals surface area contributed by atoms with Gasteiger partial charge in [0.15, 0.2) is 6.10 Å². The Morgan fingerprint density at radius 2 is 1.71 bits per heavy atom. The zero-order valence-electron chi connectivity index (χ0n) is 16.6. The van der Waals surface area contributed by atoms with Gasteiger partial charge in [0.05, 0.1) is 4.99 Å². The molecular weight excluding hydrogens is 370 g/mol. The summed E-state index contributed by atoms with van der Waals surface area (Å²) in [5, 5.41) is 12.5. The second-order valence-corrected chi connectivity index (χ2v) is 7.14. The van der Waals surface area contributed by atoms with Crippen molar-refractivity contribution in [3.63, 3.8) is 0 Å². The van der Waals surface area contributed by atoms with Crippen LogP contribution in [0.15, 0.2) is 54.6 Å². The Morgan fingerprint density at radius 1 is 1.07 bits per heavy atom. The van der Waals surface area contributed by atoms with E-state index in [1.54, 1.807) is 6.92 Å². The van der Waals surface area contributed by atoms with Gasteiger partial charge in [-0.15, -0.1) is 0 Å². The SMILES string of the molecule is CCNC(=S)[C@@H](CCc1ccc(C[C@@H](OCC)C(=O)O)cc1)c1ccccc1. The van der Waals surface area contributed by atoms with Gasteiger partial charge < -0.3 is 15.2 Å². The van der Waals surface area contributed by atoms with Crippen LogP contribution in [0.4, 0.5) is 0 Å². The van der Waals surface area contributed by atoms with Gasteiger partial charge in [0, 0.05) is 25.5 Å². The molecule has 0 saturated heterocycles. The molecule has 0 saturated carbocycles. The number of rotatable bonds is 11. The largest absolute Gasteiger partial charge is 0.479 e. The van der Waals surface area contributed by atoms with E-state index in [4.69, 9.17) is 17.0 Å². The van der Waals surface area contributed by atoms with E-state index >= 15 is 0 Å². The first-order valence-corrected chi connectivity index (χ1v) is 10.2. The van der Waals surface area contributed by atoms with Gasteiger partial charge in [-0.25, -0.2) is 4.79 Å². The summed E-state index contributed by atoms with van der Waals surface area (Å²) >= 11 is 5.61. The van der Waals surface area contributed by atoms with Crippen LogP contribution in [0.25, 0.3) is 0 Å². The van der Waals surface area contributed by atoms with Crippen molar-refractivity contribution in [3.05, 3.63) is 71.3 Å². The Bertz CT molecular complexity index is 746. The third kappa shape index (κ3) is 6.73. The molecule has 0 bridgehead atoms. The number of carboxylic acid groups (broad SMARTS) is 1. The molecule has 0 fully saturated rings. The Kier molecular flexibility index (Phi) is 9.11. The maximum atomic E-state index is 11.2. The van der Waals surface area contributed by atoms with Crippen molar-refractivity contribution in [3.8, 4) is 0 Å². The minimum atomic E-state index is -0.923. The number of hydrogen-bond donors (Lipinski definition) is 2. The first-order valence-electron chi connectivity index (χ1n) is 9.80. The molecule has 0 unspecified atom stereocenters. The van der Waals surface area contributed by atoms with Gasteiger partial charge in [0.2, 0.25) is 0 Å². The van der Waals surface area contributed by atoms with Gasteiger partial charge in [0.1, 0.15) is 0 Å². The Hall–Kier alpha value is -2.24. The number of aryl methyl sites for hydroxylation is 1. The van der Waals surface area contributed by atoms with E-state index in [2.05, 4.69) is 36.5 Å². The number of thiocarbonyl (C=S) groups is 1. The number of ether oxygens (including phenoxy) is 1. The summed E-state index contributed by atoms with van der Waals surface area (Å²) in [6.45, 7) is 5.07. The lowest BCUT2D eigenvalue weighted by Crippen LogP contribution is -2.27. The molecule has 0 amide bonds. The van der Waals surface area contributed by atoms with Crippen LogP contribution >= 0.6 is 12.2 Å². The van der Waals surface area contributed by atoms with Gasteiger partial charge in [-0.2, -0.15) is 0 Å². The van der Waals surface area contributed by atoms with Crippen LogP contribution in [0, 0.1) is 0 Å². The quantitative estimate of drug-likeness (QED) is 0.550. The van der Waals surface area contributed by atoms with Crippen LogP contribution in [-0.4, -0.2) is 35.3 Å². The Morgan fingerprint density at radius 3 is 2.29 bits per heavy atom. The summed E-state index contributed by atoms with van der Waals surface area (Å²) in [6, 6.07) is 18.5. The van der Waals surface area contributed by atoms with E-state index < -0.39 is 12.1 Å². The molecule has 0 aliphatic heterocycles. The minimum absolute atomic E-state index is 0.185. The molecule has 28 heavy (non-hydrogen) atoms. The van der Waals surface area contributed by atoms with Gasteiger partial charge in [-0.05, 0) is 43.4 Å². The van der Waals surface area contributed by atoms with E-state index in [1.165, 1.54) is 11.1 Å². The molecule has 2 aromatic carbocycles. The van der Waals surface area contributed by atoms with Crippen molar-refractivity contribution in [1.82, 2.24) is 5.32 Å². The third-order valence-electron chi connectivity index (χ3n) is 4.68. The summed E-state index contributed by atoms with van der Waals surface area (Å²) in [4.78, 5) is 12.1. The number of benzene rings is 2. The van der Waals surface area contributed by atoms with Crippen LogP contribution < -0.4 is 5.32 Å². The fraction of sp³-hybridized carbons (Fsp3) is 0.391. The number of likely N-dealkylation sites (N-methyl/N-ethyl adjacent to an activating group) is 1. The molecule has 0 radical (unpaired) electrons. The van der Waals surface area contributed by atoms with E-state index in [0.29, 0.717) is 13.0 Å². The van der Waals surface area contributed by atoms with Crippen LogP contribution in [0.1, 0.15) is 42.9 Å². The Balaban J connectivity index is 2.01. The molecule has 0 aromatic heterocycles. The van der Waals surface area contributed by atoms with Crippen molar-refractivity contribution >= 4 is 23.2 Å². The lowest BCUT2D eigenvalue weighted by molar-refractivity contribution is -0.149. The van der Waals surface area contributed by atoms with Crippen LogP contribution in [0.5, 0.6) is 0 Å². The molecule has 5 heteroatoms. The van der Waals surface area contributed by atoms with Crippen LogP contribution in [0.2, 0.25) is 0 Å². The monoisotopic (exact) mass is 399 g/mol. The molecule has 2 rings (SSSR count). The highest BCUT2D eigenvalue weighted by Crippen LogP contribution is 2.23. The molecular formula is C23H29NO3S. The molecule has 2 aromatic rings. The number of carbonyl (C=O) groups is 1. The van der Waals surface area contributed by atoms with E-state index in [9.17, 15) is 9.90 Å². The Labute approximate surface area is 172 Å². The van der Waals surface area contributed by atoms with Crippen molar-refractivity contribution in [2.24, 2.45) is 0 Å². The number of carboxylic acids is 1. The first-order chi connectivity index (χ1) is 13.5. The molecule has 0 heterocycles. The fourth-order valence-corrected chi connectivity index (χ4v) is 3.62. The van der Waals surface area contributed by atoms with Gasteiger partial charge in [-0.1, -0.05) is 66.8 Å². The number of nitrogens with one attached hydrogen (secondary N) is 1. The molecule has 0 aliphatic rings. The number of hydrogen-bond acceptors (Lipinski definition) is 3. The maximum absolute atomic E-state index is 11.2. The molecule has 4 nitrogen and oxygen atoms in total. The summed E-state index contributed by atoms with van der Waals surface area (Å²) in [6.07, 6.45) is 1.40. The van der Waals surface area contributed by atoms with Crippen LogP contribution in [0.3, 0.4) is 0 Å². The first kappa shape index (κ1) is 22.1. The third-order valence-corrected chi connectivity index (χ3v) is 5.11. The molecule has 0 spiro atoms. The van der Waals surface area contributed by atoms with Crippen molar-refractivity contribution in [2.45, 2.75) is 45.1 Å². The topological polar surface area (TPSA) is 58.6 Å². The minimum Gasteiger partial charge on any atom is -0.479 e. The average Bonchev–Trinajstić information content (AvgIpc) is 2.70. The summed E-state index contributed by atoms with van der Waals surface area (Å²) < 4.78 is 5.29. The second kappa shape index (κ2) is 11.6. The average molecular weight is 400 g/mol. The van der Waals surface area contributed by atoms with Gasteiger partial charge >= 0.3 is 5.97 Å². The molecule has 2 atom stereocenters. The lowest BCUT2D eigenvalue weighted by atomic mass is 9.91. The lowest BCUT2D eigenvalue weighted by Gasteiger charge is -2.19. The zero-order valence-corrected chi connectivity index (χ0v) is 17.4. The van der Waals surface area contributed by atoms with Crippen LogP contribution in [-0.2, 0) is 22.4 Å². The number of aliphatic carboxylic acids is 1. The summed E-state index contributed by atoms with van der Waals surface area (Å²) in [5.74, 6) is -0.737. The maximum Gasteiger partial charge on any atom is 0.333 e. The summed E-state index contributed by atoms with van der Waals surface area (Å²) in [7, 11) is 0. The normalized spacial score (nSPS) is 12.9. The zero-order chi connectivity index (χ0) is 20.4. The van der Waals surface area contributed by atoms with E-state index in [0.717, 1.165) is 29.9 Å². The van der Waals surface area contributed by atoms with E-state index in [-0.39, 0.29) is 5.92 Å². The molecule has 2 N–H and O–H groups in total. The van der Waals surface area contributed by atoms with Crippen molar-refractivity contribution in [1.29, 1.82) is 0 Å². The summed E-state index contributed by atoms with van der Waals surface area (Å²) in [5.41, 5.74) is 3.41. The molecule has 0 aliphatic carbocycles. The predicted octanol–water partition coefficient (Wildman–Crippen LogP) is 4.37.